The number of aryl methyl sites for hydroxylation is 1. The Morgan fingerprint density at radius 1 is 1.32 bits per heavy atom. The largest absolute Gasteiger partial charge is 0.478 e. The van der Waals surface area contributed by atoms with Crippen molar-refractivity contribution < 1.29 is 27.9 Å². The van der Waals surface area contributed by atoms with Gasteiger partial charge in [-0.3, -0.25) is 4.79 Å². The van der Waals surface area contributed by atoms with E-state index in [9.17, 15) is 22.8 Å². The number of benzene rings is 1. The molecule has 0 fully saturated rings. The van der Waals surface area contributed by atoms with Crippen molar-refractivity contribution in [3.63, 3.8) is 0 Å². The Labute approximate surface area is 107 Å². The van der Waals surface area contributed by atoms with Gasteiger partial charge in [0.05, 0.1) is 11.3 Å². The lowest BCUT2D eigenvalue weighted by molar-refractivity contribution is -0.170. The Balaban J connectivity index is 3.34. The number of amides is 1. The highest BCUT2D eigenvalue weighted by atomic mass is 19.4. The highest BCUT2D eigenvalue weighted by molar-refractivity contribution is 6.03. The standard InChI is InChI=1S/C12H12F3NO3/c1-3-16(11(19)12(13,14)15)9-5-4-7(2)6-8(9)10(17)18/h4-6H,3H2,1-2H3,(H,17,18). The van der Waals surface area contributed by atoms with Crippen LogP contribution >= 0.6 is 0 Å². The second-order valence-corrected chi connectivity index (χ2v) is 3.87. The first-order chi connectivity index (χ1) is 8.68. The average Bonchev–Trinajstić information content (AvgIpc) is 2.30. The van der Waals surface area contributed by atoms with E-state index in [0.29, 0.717) is 10.5 Å². The van der Waals surface area contributed by atoms with E-state index in [-0.39, 0.29) is 17.8 Å². The molecule has 1 N–H and O–H groups in total. The number of nitrogens with zero attached hydrogens (tertiary/aromatic N) is 1. The number of carboxylic acid groups (broad SMARTS) is 1. The molecule has 0 aliphatic carbocycles. The van der Waals surface area contributed by atoms with E-state index in [1.165, 1.54) is 25.1 Å². The lowest BCUT2D eigenvalue weighted by Gasteiger charge is -2.23. The first kappa shape index (κ1) is 15.0. The molecular weight excluding hydrogens is 263 g/mol. The summed E-state index contributed by atoms with van der Waals surface area (Å²) in [7, 11) is 0. The molecule has 0 aromatic heterocycles. The SMILES string of the molecule is CCN(C(=O)C(F)(F)F)c1ccc(C)cc1C(=O)O. The smallest absolute Gasteiger partial charge is 0.471 e. The first-order valence-electron chi connectivity index (χ1n) is 5.41. The Bertz CT molecular complexity index is 511. The summed E-state index contributed by atoms with van der Waals surface area (Å²) in [6.45, 7) is 2.68. The van der Waals surface area contributed by atoms with Crippen LogP contribution in [0.3, 0.4) is 0 Å². The monoisotopic (exact) mass is 275 g/mol. The lowest BCUT2D eigenvalue weighted by atomic mass is 10.1. The van der Waals surface area contributed by atoms with E-state index >= 15 is 0 Å². The Kier molecular flexibility index (Phi) is 4.18. The van der Waals surface area contributed by atoms with E-state index in [1.54, 1.807) is 6.92 Å². The zero-order valence-corrected chi connectivity index (χ0v) is 10.3. The van der Waals surface area contributed by atoms with Gasteiger partial charge in [-0.25, -0.2) is 4.79 Å². The van der Waals surface area contributed by atoms with Crippen molar-refractivity contribution in [1.82, 2.24) is 0 Å². The van der Waals surface area contributed by atoms with Crippen molar-refractivity contribution in [2.45, 2.75) is 20.0 Å². The van der Waals surface area contributed by atoms with E-state index in [0.717, 1.165) is 0 Å². The Morgan fingerprint density at radius 2 is 1.89 bits per heavy atom. The molecule has 0 atom stereocenters. The third-order valence-electron chi connectivity index (χ3n) is 2.48. The van der Waals surface area contributed by atoms with Crippen molar-refractivity contribution in [3.8, 4) is 0 Å². The summed E-state index contributed by atoms with van der Waals surface area (Å²) in [6.07, 6.45) is -5.04. The van der Waals surface area contributed by atoms with Crippen LogP contribution in [-0.4, -0.2) is 29.7 Å². The number of rotatable bonds is 3. The molecule has 1 rings (SSSR count). The number of halogens is 3. The normalized spacial score (nSPS) is 11.2. The maximum absolute atomic E-state index is 12.4. The molecule has 0 heterocycles. The van der Waals surface area contributed by atoms with Crippen molar-refractivity contribution in [2.75, 3.05) is 11.4 Å². The lowest BCUT2D eigenvalue weighted by Crippen LogP contribution is -2.41. The van der Waals surface area contributed by atoms with Gasteiger partial charge in [0, 0.05) is 6.54 Å². The van der Waals surface area contributed by atoms with E-state index in [4.69, 9.17) is 5.11 Å². The summed E-state index contributed by atoms with van der Waals surface area (Å²) in [5.74, 6) is -3.46. The van der Waals surface area contributed by atoms with Crippen LogP contribution in [0, 0.1) is 6.92 Å². The summed E-state index contributed by atoms with van der Waals surface area (Å²) in [4.78, 5) is 22.7. The minimum atomic E-state index is -5.04. The molecule has 0 unspecified atom stereocenters. The van der Waals surface area contributed by atoms with Gasteiger partial charge in [-0.2, -0.15) is 13.2 Å². The first-order valence-corrected chi connectivity index (χ1v) is 5.41. The number of carbonyl (C=O) groups excluding carboxylic acids is 1. The predicted octanol–water partition coefficient (Wildman–Crippen LogP) is 2.61. The summed E-state index contributed by atoms with van der Waals surface area (Å²) in [6, 6.07) is 3.88. The topological polar surface area (TPSA) is 57.6 Å². The molecule has 0 aliphatic heterocycles. The molecule has 4 nitrogen and oxygen atoms in total. The van der Waals surface area contributed by atoms with Gasteiger partial charge in [-0.15, -0.1) is 0 Å². The maximum Gasteiger partial charge on any atom is 0.471 e. The van der Waals surface area contributed by atoms with E-state index in [2.05, 4.69) is 0 Å². The fourth-order valence-electron chi connectivity index (χ4n) is 1.63. The molecule has 1 aromatic rings. The van der Waals surface area contributed by atoms with Crippen LogP contribution in [0.5, 0.6) is 0 Å². The predicted molar refractivity (Wildman–Crippen MR) is 62.2 cm³/mol. The van der Waals surface area contributed by atoms with Crippen molar-refractivity contribution in [3.05, 3.63) is 29.3 Å². The summed E-state index contributed by atoms with van der Waals surface area (Å²) in [5, 5.41) is 9.00. The Morgan fingerprint density at radius 3 is 2.32 bits per heavy atom. The fraction of sp³-hybridized carbons (Fsp3) is 0.333. The highest BCUT2D eigenvalue weighted by Crippen LogP contribution is 2.27. The Hall–Kier alpha value is -2.05. The van der Waals surface area contributed by atoms with Crippen LogP contribution < -0.4 is 4.90 Å². The number of alkyl halides is 3. The van der Waals surface area contributed by atoms with Crippen LogP contribution in [0.4, 0.5) is 18.9 Å². The quantitative estimate of drug-likeness (QED) is 0.922. The van der Waals surface area contributed by atoms with Crippen LogP contribution in [0.1, 0.15) is 22.8 Å². The summed E-state index contributed by atoms with van der Waals surface area (Å²) >= 11 is 0. The number of aromatic carboxylic acids is 1. The minimum Gasteiger partial charge on any atom is -0.478 e. The van der Waals surface area contributed by atoms with Gasteiger partial charge >= 0.3 is 18.1 Å². The summed E-state index contributed by atoms with van der Waals surface area (Å²) in [5.41, 5.74) is -0.0148. The van der Waals surface area contributed by atoms with E-state index in [1.807, 2.05) is 0 Å². The van der Waals surface area contributed by atoms with Crippen LogP contribution in [0.2, 0.25) is 0 Å². The van der Waals surface area contributed by atoms with Gasteiger partial charge < -0.3 is 10.0 Å². The molecule has 1 aromatic carbocycles. The molecular formula is C12H12F3NO3. The van der Waals surface area contributed by atoms with Crippen LogP contribution in [-0.2, 0) is 4.79 Å². The molecule has 1 amide bonds. The van der Waals surface area contributed by atoms with Gasteiger partial charge in [-0.05, 0) is 26.0 Å². The number of carbonyl (C=O) groups is 2. The zero-order chi connectivity index (χ0) is 14.8. The third kappa shape index (κ3) is 3.24. The van der Waals surface area contributed by atoms with Crippen molar-refractivity contribution >= 4 is 17.6 Å². The fourth-order valence-corrected chi connectivity index (χ4v) is 1.63. The number of hydrogen-bond donors (Lipinski definition) is 1. The molecule has 0 aliphatic rings. The molecule has 7 heteroatoms. The van der Waals surface area contributed by atoms with Crippen molar-refractivity contribution in [2.24, 2.45) is 0 Å². The van der Waals surface area contributed by atoms with Gasteiger partial charge in [0.25, 0.3) is 0 Å². The molecule has 0 bridgehead atoms. The minimum absolute atomic E-state index is 0.261. The zero-order valence-electron chi connectivity index (χ0n) is 10.3. The maximum atomic E-state index is 12.4. The molecule has 0 saturated carbocycles. The molecule has 0 radical (unpaired) electrons. The van der Waals surface area contributed by atoms with Gasteiger partial charge in [-0.1, -0.05) is 11.6 Å². The third-order valence-corrected chi connectivity index (χ3v) is 2.48. The van der Waals surface area contributed by atoms with Crippen LogP contribution in [0.15, 0.2) is 18.2 Å². The molecule has 104 valence electrons. The number of carboxylic acids is 1. The second kappa shape index (κ2) is 5.29. The van der Waals surface area contributed by atoms with E-state index < -0.39 is 18.1 Å². The van der Waals surface area contributed by atoms with Crippen molar-refractivity contribution in [1.29, 1.82) is 0 Å². The second-order valence-electron chi connectivity index (χ2n) is 3.87. The summed E-state index contributed by atoms with van der Waals surface area (Å²) < 4.78 is 37.3. The molecule has 19 heavy (non-hydrogen) atoms. The number of anilines is 1. The molecule has 0 spiro atoms. The average molecular weight is 275 g/mol. The van der Waals surface area contributed by atoms with Gasteiger partial charge in [0.1, 0.15) is 0 Å². The van der Waals surface area contributed by atoms with Gasteiger partial charge in [0.2, 0.25) is 0 Å². The molecule has 0 saturated heterocycles. The number of hydrogen-bond acceptors (Lipinski definition) is 2. The van der Waals surface area contributed by atoms with Gasteiger partial charge in [0.15, 0.2) is 0 Å². The highest BCUT2D eigenvalue weighted by Gasteiger charge is 2.43. The van der Waals surface area contributed by atoms with Crippen LogP contribution in [0.25, 0.3) is 0 Å².